The molecule has 0 radical (unpaired) electrons. The van der Waals surface area contributed by atoms with E-state index in [0.717, 1.165) is 10.1 Å². The van der Waals surface area contributed by atoms with Gasteiger partial charge in [0, 0.05) is 20.2 Å². The van der Waals surface area contributed by atoms with Gasteiger partial charge in [-0.1, -0.05) is 65.1 Å². The highest BCUT2D eigenvalue weighted by Gasteiger charge is 2.22. The second kappa shape index (κ2) is 7.83. The van der Waals surface area contributed by atoms with Crippen molar-refractivity contribution in [1.82, 2.24) is 18.7 Å². The molecular weight excluding hydrogens is 451 g/mol. The van der Waals surface area contributed by atoms with E-state index in [2.05, 4.69) is 4.98 Å². The predicted molar refractivity (Wildman–Crippen MR) is 117 cm³/mol. The molecular formula is C20H15Cl3N4O3. The summed E-state index contributed by atoms with van der Waals surface area (Å²) in [5, 5.41) is 0.762. The van der Waals surface area contributed by atoms with Gasteiger partial charge >= 0.3 is 11.7 Å². The van der Waals surface area contributed by atoms with Crippen LogP contribution in [0.4, 0.5) is 0 Å². The van der Waals surface area contributed by atoms with Crippen LogP contribution in [0.3, 0.4) is 0 Å². The molecule has 0 aliphatic carbocycles. The highest BCUT2D eigenvalue weighted by atomic mass is 35.5. The molecule has 4 rings (SSSR count). The lowest BCUT2D eigenvalue weighted by atomic mass is 10.2. The van der Waals surface area contributed by atoms with Crippen molar-refractivity contribution in [1.29, 1.82) is 0 Å². The summed E-state index contributed by atoms with van der Waals surface area (Å²) in [5.41, 5.74) is 0.375. The minimum absolute atomic E-state index is 0.0902. The van der Waals surface area contributed by atoms with Crippen LogP contribution in [0, 0.1) is 0 Å². The molecule has 154 valence electrons. The lowest BCUT2D eigenvalue weighted by Gasteiger charge is -2.11. The van der Waals surface area contributed by atoms with Crippen molar-refractivity contribution in [3.05, 3.63) is 83.9 Å². The summed E-state index contributed by atoms with van der Waals surface area (Å²) in [6.45, 7) is 0.291. The largest absolute Gasteiger partial charge is 0.424 e. The highest BCUT2D eigenvalue weighted by Crippen LogP contribution is 2.36. The van der Waals surface area contributed by atoms with Gasteiger partial charge in [0.25, 0.3) is 5.56 Å². The molecule has 4 aromatic rings. The molecule has 0 aliphatic heterocycles. The predicted octanol–water partition coefficient (Wildman–Crippen LogP) is 4.23. The van der Waals surface area contributed by atoms with E-state index in [1.54, 1.807) is 11.6 Å². The van der Waals surface area contributed by atoms with Gasteiger partial charge in [-0.3, -0.25) is 18.5 Å². The van der Waals surface area contributed by atoms with E-state index < -0.39 is 11.2 Å². The van der Waals surface area contributed by atoms with Crippen molar-refractivity contribution < 1.29 is 4.74 Å². The van der Waals surface area contributed by atoms with E-state index in [4.69, 9.17) is 39.5 Å². The molecule has 0 amide bonds. The molecule has 0 fully saturated rings. The Kier molecular flexibility index (Phi) is 5.36. The van der Waals surface area contributed by atoms with Crippen molar-refractivity contribution in [3.63, 3.8) is 0 Å². The van der Waals surface area contributed by atoms with Crippen LogP contribution in [-0.2, 0) is 20.6 Å². The molecule has 10 heteroatoms. The summed E-state index contributed by atoms with van der Waals surface area (Å²) in [6, 6.07) is 12.5. The molecule has 7 nitrogen and oxygen atoms in total. The summed E-state index contributed by atoms with van der Waals surface area (Å²) in [7, 11) is 2.96. The molecule has 0 unspecified atom stereocenters. The number of hydrogen-bond donors (Lipinski definition) is 0. The molecule has 30 heavy (non-hydrogen) atoms. The first-order valence-electron chi connectivity index (χ1n) is 8.80. The Morgan fingerprint density at radius 3 is 2.30 bits per heavy atom. The van der Waals surface area contributed by atoms with E-state index >= 15 is 0 Å². The third-order valence-corrected chi connectivity index (χ3v) is 5.69. The topological polar surface area (TPSA) is 71.1 Å². The summed E-state index contributed by atoms with van der Waals surface area (Å²) in [6.07, 6.45) is 0. The average Bonchev–Trinajstić information content (AvgIpc) is 3.07. The number of rotatable bonds is 4. The lowest BCUT2D eigenvalue weighted by molar-refractivity contribution is 0.421. The zero-order valence-electron chi connectivity index (χ0n) is 15.9. The number of aryl methyl sites for hydroxylation is 1. The quantitative estimate of drug-likeness (QED) is 0.423. The van der Waals surface area contributed by atoms with Crippen molar-refractivity contribution in [2.75, 3.05) is 0 Å². The molecule has 2 heterocycles. The summed E-state index contributed by atoms with van der Waals surface area (Å²) < 4.78 is 9.86. The molecule has 0 atom stereocenters. The first kappa shape index (κ1) is 20.5. The fourth-order valence-electron chi connectivity index (χ4n) is 3.10. The SMILES string of the molecule is Cn1c(=O)c2c(nc(Oc3cc(Cl)c(Cl)cc3Cl)n2Cc2ccccc2)n(C)c1=O. The normalized spacial score (nSPS) is 11.2. The number of hydrogen-bond acceptors (Lipinski definition) is 4. The van der Waals surface area contributed by atoms with Crippen molar-refractivity contribution in [2.45, 2.75) is 6.54 Å². The van der Waals surface area contributed by atoms with Crippen LogP contribution in [0.25, 0.3) is 11.2 Å². The Balaban J connectivity index is 1.97. The van der Waals surface area contributed by atoms with Gasteiger partial charge in [-0.2, -0.15) is 4.98 Å². The summed E-state index contributed by atoms with van der Waals surface area (Å²) in [4.78, 5) is 29.7. The summed E-state index contributed by atoms with van der Waals surface area (Å²) in [5.74, 6) is 0.220. The van der Waals surface area contributed by atoms with Gasteiger partial charge in [0.15, 0.2) is 16.9 Å². The van der Waals surface area contributed by atoms with E-state index in [1.807, 2.05) is 30.3 Å². The zero-order chi connectivity index (χ0) is 21.6. The molecule has 0 saturated heterocycles. The molecule has 0 bridgehead atoms. The minimum Gasteiger partial charge on any atom is -0.424 e. The number of aromatic nitrogens is 4. The molecule has 0 aliphatic rings. The van der Waals surface area contributed by atoms with E-state index in [9.17, 15) is 9.59 Å². The van der Waals surface area contributed by atoms with Gasteiger partial charge in [-0.05, 0) is 11.6 Å². The lowest BCUT2D eigenvalue weighted by Crippen LogP contribution is -2.37. The third-order valence-electron chi connectivity index (χ3n) is 4.67. The number of imidazole rings is 1. The van der Waals surface area contributed by atoms with Gasteiger partial charge in [0.2, 0.25) is 0 Å². The average molecular weight is 466 g/mol. The van der Waals surface area contributed by atoms with Gasteiger partial charge < -0.3 is 4.74 Å². The van der Waals surface area contributed by atoms with Crippen LogP contribution >= 0.6 is 34.8 Å². The van der Waals surface area contributed by atoms with E-state index in [0.29, 0.717) is 6.54 Å². The summed E-state index contributed by atoms with van der Waals surface area (Å²) >= 11 is 18.3. The van der Waals surface area contributed by atoms with E-state index in [1.165, 1.54) is 23.7 Å². The maximum Gasteiger partial charge on any atom is 0.332 e. The third kappa shape index (κ3) is 3.49. The maximum atomic E-state index is 12.9. The number of fused-ring (bicyclic) bond motifs is 1. The molecule has 0 saturated carbocycles. The molecule has 2 aromatic carbocycles. The fourth-order valence-corrected chi connectivity index (χ4v) is 3.67. The van der Waals surface area contributed by atoms with Gasteiger partial charge in [0.1, 0.15) is 0 Å². The Labute approximate surface area is 185 Å². The second-order valence-electron chi connectivity index (χ2n) is 6.64. The van der Waals surface area contributed by atoms with Crippen LogP contribution in [-0.4, -0.2) is 18.7 Å². The smallest absolute Gasteiger partial charge is 0.332 e. The van der Waals surface area contributed by atoms with Crippen molar-refractivity contribution in [2.24, 2.45) is 14.1 Å². The molecule has 2 aromatic heterocycles. The van der Waals surface area contributed by atoms with Crippen LogP contribution in [0.5, 0.6) is 11.8 Å². The zero-order valence-corrected chi connectivity index (χ0v) is 18.2. The number of halogens is 3. The van der Waals surface area contributed by atoms with Crippen LogP contribution in [0.1, 0.15) is 5.56 Å². The molecule has 0 spiro atoms. The Hall–Kier alpha value is -2.74. The van der Waals surface area contributed by atoms with Crippen LogP contribution in [0.2, 0.25) is 15.1 Å². The van der Waals surface area contributed by atoms with Gasteiger partial charge in [-0.25, -0.2) is 4.79 Å². The highest BCUT2D eigenvalue weighted by molar-refractivity contribution is 6.43. The van der Waals surface area contributed by atoms with Crippen LogP contribution in [0.15, 0.2) is 52.1 Å². The first-order valence-corrected chi connectivity index (χ1v) is 9.94. The standard InChI is InChI=1S/C20H15Cl3N4O3/c1-25-17-16(18(28)26(2)20(25)29)27(10-11-6-4-3-5-7-11)19(24-17)30-15-9-13(22)12(21)8-14(15)23/h3-9H,10H2,1-2H3. The minimum atomic E-state index is -0.490. The Bertz CT molecular complexity index is 1390. The second-order valence-corrected chi connectivity index (χ2v) is 7.86. The van der Waals surface area contributed by atoms with Gasteiger partial charge in [-0.15, -0.1) is 0 Å². The number of nitrogens with zero attached hydrogens (tertiary/aromatic N) is 4. The number of benzene rings is 2. The van der Waals surface area contributed by atoms with Gasteiger partial charge in [0.05, 0.1) is 21.6 Å². The monoisotopic (exact) mass is 464 g/mol. The fraction of sp³-hybridized carbons (Fsp3) is 0.150. The van der Waals surface area contributed by atoms with Crippen molar-refractivity contribution >= 4 is 46.0 Å². The number of ether oxygens (including phenoxy) is 1. The van der Waals surface area contributed by atoms with Crippen LogP contribution < -0.4 is 16.0 Å². The molecule has 0 N–H and O–H groups in total. The Morgan fingerprint density at radius 1 is 0.933 bits per heavy atom. The maximum absolute atomic E-state index is 12.9. The van der Waals surface area contributed by atoms with E-state index in [-0.39, 0.29) is 38.0 Å². The van der Waals surface area contributed by atoms with Crippen molar-refractivity contribution in [3.8, 4) is 11.8 Å². The Morgan fingerprint density at radius 2 is 1.60 bits per heavy atom. The first-order chi connectivity index (χ1) is 14.3.